The van der Waals surface area contributed by atoms with Gasteiger partial charge in [-0.2, -0.15) is 0 Å². The predicted octanol–water partition coefficient (Wildman–Crippen LogP) is 4.18. The van der Waals surface area contributed by atoms with Crippen molar-refractivity contribution in [3.63, 3.8) is 0 Å². The third kappa shape index (κ3) is 3.39. The molecule has 4 nitrogen and oxygen atoms in total. The van der Waals surface area contributed by atoms with Gasteiger partial charge in [-0.25, -0.2) is 4.98 Å². The molecular formula is C17H18ClN3O. The maximum atomic E-state index is 12.3. The Labute approximate surface area is 134 Å². The first-order chi connectivity index (χ1) is 10.5. The van der Waals surface area contributed by atoms with Gasteiger partial charge in [0.25, 0.3) is 5.91 Å². The van der Waals surface area contributed by atoms with Gasteiger partial charge in [-0.1, -0.05) is 17.7 Å². The molecule has 5 heteroatoms. The minimum absolute atomic E-state index is 0.258. The number of halogens is 1. The monoisotopic (exact) mass is 315 g/mol. The number of benzene rings is 1. The number of aromatic nitrogens is 1. The van der Waals surface area contributed by atoms with E-state index in [4.69, 9.17) is 11.6 Å². The summed E-state index contributed by atoms with van der Waals surface area (Å²) in [6, 6.07) is 7.98. The number of hydrogen-bond donors (Lipinski definition) is 2. The number of pyridine rings is 1. The van der Waals surface area contributed by atoms with Crippen LogP contribution in [0.4, 0.5) is 11.4 Å². The smallest absolute Gasteiger partial charge is 0.274 e. The van der Waals surface area contributed by atoms with Crippen LogP contribution in [0.3, 0.4) is 0 Å². The summed E-state index contributed by atoms with van der Waals surface area (Å²) < 4.78 is 0. The van der Waals surface area contributed by atoms with Crippen LogP contribution in [0.25, 0.3) is 0 Å². The van der Waals surface area contributed by atoms with Crippen molar-refractivity contribution >= 4 is 28.9 Å². The van der Waals surface area contributed by atoms with Gasteiger partial charge in [-0.05, 0) is 56.0 Å². The van der Waals surface area contributed by atoms with E-state index in [1.54, 1.807) is 12.3 Å². The Balaban J connectivity index is 1.73. The molecule has 1 aromatic heterocycles. The molecule has 0 unspecified atom stereocenters. The van der Waals surface area contributed by atoms with E-state index in [-0.39, 0.29) is 5.91 Å². The molecule has 0 spiro atoms. The van der Waals surface area contributed by atoms with Crippen LogP contribution < -0.4 is 10.6 Å². The van der Waals surface area contributed by atoms with Gasteiger partial charge in [0, 0.05) is 6.04 Å². The summed E-state index contributed by atoms with van der Waals surface area (Å²) in [5, 5.41) is 6.72. The molecule has 2 N–H and O–H groups in total. The lowest BCUT2D eigenvalue weighted by atomic mass is 10.1. The quantitative estimate of drug-likeness (QED) is 0.890. The van der Waals surface area contributed by atoms with E-state index in [2.05, 4.69) is 15.6 Å². The van der Waals surface area contributed by atoms with Crippen molar-refractivity contribution in [2.24, 2.45) is 0 Å². The molecule has 0 aliphatic heterocycles. The second-order valence-corrected chi connectivity index (χ2v) is 6.15. The summed E-state index contributed by atoms with van der Waals surface area (Å²) in [6.07, 6.45) is 4.09. The number of amides is 1. The van der Waals surface area contributed by atoms with E-state index >= 15 is 0 Å². The van der Waals surface area contributed by atoms with Crippen LogP contribution in [0, 0.1) is 13.8 Å². The lowest BCUT2D eigenvalue weighted by Crippen LogP contribution is -2.15. The highest BCUT2D eigenvalue weighted by atomic mass is 35.5. The van der Waals surface area contributed by atoms with Crippen LogP contribution in [-0.2, 0) is 0 Å². The van der Waals surface area contributed by atoms with Crippen molar-refractivity contribution in [3.8, 4) is 0 Å². The maximum absolute atomic E-state index is 12.3. The number of carbonyl (C=O) groups is 1. The van der Waals surface area contributed by atoms with Crippen LogP contribution in [0.5, 0.6) is 0 Å². The van der Waals surface area contributed by atoms with Gasteiger partial charge in [0.05, 0.1) is 22.6 Å². The van der Waals surface area contributed by atoms with Crippen molar-refractivity contribution in [2.45, 2.75) is 32.7 Å². The van der Waals surface area contributed by atoms with Crippen molar-refractivity contribution in [1.29, 1.82) is 0 Å². The predicted molar refractivity (Wildman–Crippen MR) is 89.8 cm³/mol. The highest BCUT2D eigenvalue weighted by molar-refractivity contribution is 6.34. The van der Waals surface area contributed by atoms with E-state index in [0.29, 0.717) is 22.4 Å². The molecule has 3 rings (SSSR count). The molecule has 0 atom stereocenters. The first kappa shape index (κ1) is 14.9. The average Bonchev–Trinajstić information content (AvgIpc) is 3.27. The lowest BCUT2D eigenvalue weighted by molar-refractivity contribution is 0.102. The molecule has 0 bridgehead atoms. The van der Waals surface area contributed by atoms with Crippen molar-refractivity contribution in [2.75, 3.05) is 10.6 Å². The van der Waals surface area contributed by atoms with Crippen LogP contribution in [0.1, 0.15) is 34.5 Å². The van der Waals surface area contributed by atoms with E-state index in [9.17, 15) is 4.79 Å². The second kappa shape index (κ2) is 5.97. The number of anilines is 2. The number of nitrogens with one attached hydrogen (secondary N) is 2. The first-order valence-corrected chi connectivity index (χ1v) is 7.71. The molecule has 0 saturated heterocycles. The molecule has 2 aromatic rings. The largest absolute Gasteiger partial charge is 0.381 e. The molecular weight excluding hydrogens is 298 g/mol. The number of rotatable bonds is 4. The molecule has 1 aliphatic rings. The Hall–Kier alpha value is -2.07. The highest BCUT2D eigenvalue weighted by Gasteiger charge is 2.21. The van der Waals surface area contributed by atoms with Crippen LogP contribution in [0.15, 0.2) is 30.5 Å². The van der Waals surface area contributed by atoms with E-state index in [1.165, 1.54) is 12.8 Å². The van der Waals surface area contributed by atoms with Gasteiger partial charge in [0.15, 0.2) is 0 Å². The van der Waals surface area contributed by atoms with Crippen molar-refractivity contribution in [1.82, 2.24) is 4.98 Å². The van der Waals surface area contributed by atoms with Crippen LogP contribution in [-0.4, -0.2) is 16.9 Å². The van der Waals surface area contributed by atoms with Gasteiger partial charge in [-0.3, -0.25) is 4.79 Å². The summed E-state index contributed by atoms with van der Waals surface area (Å²) in [5.41, 5.74) is 3.96. The van der Waals surface area contributed by atoms with Gasteiger partial charge in [0.2, 0.25) is 0 Å². The summed E-state index contributed by atoms with van der Waals surface area (Å²) in [5.74, 6) is -0.258. The molecule has 1 saturated carbocycles. The second-order valence-electron chi connectivity index (χ2n) is 5.74. The number of nitrogens with zero attached hydrogens (tertiary/aromatic N) is 1. The molecule has 1 heterocycles. The number of carbonyl (C=O) groups excluding carboxylic acids is 1. The first-order valence-electron chi connectivity index (χ1n) is 7.33. The lowest BCUT2D eigenvalue weighted by Gasteiger charge is -2.11. The molecule has 1 fully saturated rings. The van der Waals surface area contributed by atoms with Gasteiger partial charge in [-0.15, -0.1) is 0 Å². The van der Waals surface area contributed by atoms with Crippen LogP contribution >= 0.6 is 11.6 Å². The third-order valence-electron chi connectivity index (χ3n) is 3.61. The van der Waals surface area contributed by atoms with Gasteiger partial charge >= 0.3 is 0 Å². The van der Waals surface area contributed by atoms with Crippen LogP contribution in [0.2, 0.25) is 5.02 Å². The van der Waals surface area contributed by atoms with Crippen molar-refractivity contribution < 1.29 is 4.79 Å². The molecule has 1 aromatic carbocycles. The Morgan fingerprint density at radius 2 is 2.05 bits per heavy atom. The fraction of sp³-hybridized carbons (Fsp3) is 0.294. The normalized spacial score (nSPS) is 13.8. The number of hydrogen-bond acceptors (Lipinski definition) is 3. The maximum Gasteiger partial charge on any atom is 0.274 e. The fourth-order valence-electron chi connectivity index (χ4n) is 2.33. The Morgan fingerprint density at radius 3 is 2.64 bits per heavy atom. The average molecular weight is 316 g/mol. The number of aryl methyl sites for hydroxylation is 2. The summed E-state index contributed by atoms with van der Waals surface area (Å²) in [4.78, 5) is 16.5. The minimum atomic E-state index is -0.258. The summed E-state index contributed by atoms with van der Waals surface area (Å²) in [6.45, 7) is 3.89. The molecule has 1 aliphatic carbocycles. The topological polar surface area (TPSA) is 54.0 Å². The Morgan fingerprint density at radius 1 is 1.27 bits per heavy atom. The molecule has 1 amide bonds. The Kier molecular flexibility index (Phi) is 4.03. The van der Waals surface area contributed by atoms with E-state index in [1.807, 2.05) is 32.0 Å². The summed E-state index contributed by atoms with van der Waals surface area (Å²) in [7, 11) is 0. The summed E-state index contributed by atoms with van der Waals surface area (Å²) >= 11 is 6.21. The zero-order valence-corrected chi connectivity index (χ0v) is 13.4. The standard InChI is InChI=1S/C17H18ClN3O/c1-10-7-11(2)16(14(18)8-10)21-17(22)15-6-5-13(9-19-15)20-12-3-4-12/h5-9,12,20H,3-4H2,1-2H3,(H,21,22). The van der Waals surface area contributed by atoms with E-state index < -0.39 is 0 Å². The highest BCUT2D eigenvalue weighted by Crippen LogP contribution is 2.28. The zero-order valence-electron chi connectivity index (χ0n) is 12.6. The van der Waals surface area contributed by atoms with E-state index in [0.717, 1.165) is 16.8 Å². The molecule has 0 radical (unpaired) electrons. The third-order valence-corrected chi connectivity index (χ3v) is 3.91. The Bertz CT molecular complexity index is 685. The molecule has 22 heavy (non-hydrogen) atoms. The molecule has 114 valence electrons. The van der Waals surface area contributed by atoms with Gasteiger partial charge < -0.3 is 10.6 Å². The minimum Gasteiger partial charge on any atom is -0.381 e. The SMILES string of the molecule is Cc1cc(C)c(NC(=O)c2ccc(NC3CC3)cn2)c(Cl)c1. The van der Waals surface area contributed by atoms with Gasteiger partial charge in [0.1, 0.15) is 5.69 Å². The van der Waals surface area contributed by atoms with Crippen molar-refractivity contribution in [3.05, 3.63) is 52.3 Å². The fourth-order valence-corrected chi connectivity index (χ4v) is 2.70. The zero-order chi connectivity index (χ0) is 15.7.